The van der Waals surface area contributed by atoms with E-state index in [0.29, 0.717) is 13.1 Å². The maximum Gasteiger partial charge on any atom is 0.573 e. The highest BCUT2D eigenvalue weighted by molar-refractivity contribution is 5.68. The Balaban J connectivity index is 1.71. The van der Waals surface area contributed by atoms with Gasteiger partial charge in [0, 0.05) is 30.8 Å². The molecule has 7 heteroatoms. The molecule has 0 fully saturated rings. The van der Waals surface area contributed by atoms with Crippen molar-refractivity contribution < 1.29 is 17.9 Å². The minimum Gasteiger partial charge on any atom is -0.406 e. The predicted octanol–water partition coefficient (Wildman–Crippen LogP) is 8.72. The lowest BCUT2D eigenvalue weighted by Gasteiger charge is -2.24. The smallest absolute Gasteiger partial charge is 0.406 e. The molecule has 0 N–H and O–H groups in total. The van der Waals surface area contributed by atoms with E-state index in [4.69, 9.17) is 4.98 Å². The Hall–Kier alpha value is -3.58. The van der Waals surface area contributed by atoms with Crippen molar-refractivity contribution in [2.45, 2.75) is 65.5 Å². The fraction of sp³-hybridized carbons (Fsp3) is 0.344. The van der Waals surface area contributed by atoms with Crippen LogP contribution in [0.2, 0.25) is 0 Å². The van der Waals surface area contributed by atoms with Gasteiger partial charge >= 0.3 is 6.36 Å². The first-order valence-corrected chi connectivity index (χ1v) is 13.6. The molecule has 0 amide bonds. The molecule has 4 rings (SSSR count). The maximum absolute atomic E-state index is 12.6. The van der Waals surface area contributed by atoms with Crippen LogP contribution in [0, 0.1) is 0 Å². The normalized spacial score (nSPS) is 11.7. The van der Waals surface area contributed by atoms with E-state index in [2.05, 4.69) is 52.3 Å². The Morgan fingerprint density at radius 1 is 0.769 bits per heavy atom. The van der Waals surface area contributed by atoms with Crippen molar-refractivity contribution in [2.75, 3.05) is 6.54 Å². The van der Waals surface area contributed by atoms with Crippen LogP contribution < -0.4 is 4.74 Å². The molecular formula is C32H36F3N3O. The Kier molecular flexibility index (Phi) is 9.82. The van der Waals surface area contributed by atoms with Gasteiger partial charge in [-0.2, -0.15) is 0 Å². The second-order valence-electron chi connectivity index (χ2n) is 9.72. The van der Waals surface area contributed by atoms with Gasteiger partial charge in [-0.3, -0.25) is 4.90 Å². The van der Waals surface area contributed by atoms with Crippen molar-refractivity contribution in [1.82, 2.24) is 14.5 Å². The lowest BCUT2D eigenvalue weighted by molar-refractivity contribution is -0.274. The number of alkyl halides is 3. The van der Waals surface area contributed by atoms with Gasteiger partial charge in [0.2, 0.25) is 0 Å². The fourth-order valence-corrected chi connectivity index (χ4v) is 4.70. The summed E-state index contributed by atoms with van der Waals surface area (Å²) in [4.78, 5) is 7.57. The number of aromatic nitrogens is 2. The molecule has 0 saturated heterocycles. The average Bonchev–Trinajstić information content (AvgIpc) is 3.29. The zero-order valence-electron chi connectivity index (χ0n) is 22.6. The predicted molar refractivity (Wildman–Crippen MR) is 150 cm³/mol. The molecule has 0 aliphatic rings. The van der Waals surface area contributed by atoms with Crippen LogP contribution in [-0.4, -0.2) is 27.4 Å². The van der Waals surface area contributed by atoms with E-state index in [1.165, 1.54) is 12.1 Å². The quantitative estimate of drug-likeness (QED) is 0.171. The van der Waals surface area contributed by atoms with E-state index in [0.717, 1.165) is 72.7 Å². The van der Waals surface area contributed by atoms with Gasteiger partial charge in [-0.25, -0.2) is 4.98 Å². The van der Waals surface area contributed by atoms with Crippen LogP contribution in [0.25, 0.3) is 22.6 Å². The number of rotatable bonds is 13. The molecule has 1 heterocycles. The molecule has 4 nitrogen and oxygen atoms in total. The lowest BCUT2D eigenvalue weighted by atomic mass is 10.1. The van der Waals surface area contributed by atoms with Gasteiger partial charge in [0.05, 0.1) is 11.4 Å². The zero-order chi connectivity index (χ0) is 27.7. The lowest BCUT2D eigenvalue weighted by Crippen LogP contribution is -2.26. The molecule has 39 heavy (non-hydrogen) atoms. The van der Waals surface area contributed by atoms with E-state index in [9.17, 15) is 13.2 Å². The third kappa shape index (κ3) is 7.96. The van der Waals surface area contributed by atoms with Crippen LogP contribution >= 0.6 is 0 Å². The molecule has 4 aromatic rings. The first-order valence-electron chi connectivity index (χ1n) is 13.6. The van der Waals surface area contributed by atoms with Crippen molar-refractivity contribution in [1.29, 1.82) is 0 Å². The van der Waals surface area contributed by atoms with Crippen LogP contribution in [0.3, 0.4) is 0 Å². The van der Waals surface area contributed by atoms with E-state index in [1.807, 2.05) is 36.4 Å². The minimum atomic E-state index is -4.70. The first-order chi connectivity index (χ1) is 18.9. The highest BCUT2D eigenvalue weighted by Gasteiger charge is 2.31. The average molecular weight is 536 g/mol. The molecule has 0 saturated carbocycles. The van der Waals surface area contributed by atoms with Crippen molar-refractivity contribution in [2.24, 2.45) is 0 Å². The molecular weight excluding hydrogens is 499 g/mol. The summed E-state index contributed by atoms with van der Waals surface area (Å²) in [6.45, 7) is 7.37. The van der Waals surface area contributed by atoms with Crippen LogP contribution in [0.15, 0.2) is 84.9 Å². The Bertz CT molecular complexity index is 1290. The largest absolute Gasteiger partial charge is 0.573 e. The fourth-order valence-electron chi connectivity index (χ4n) is 4.70. The van der Waals surface area contributed by atoms with Gasteiger partial charge in [0.1, 0.15) is 11.6 Å². The third-order valence-corrected chi connectivity index (χ3v) is 6.65. The third-order valence-electron chi connectivity index (χ3n) is 6.65. The number of benzene rings is 3. The number of halogens is 3. The second-order valence-corrected chi connectivity index (χ2v) is 9.72. The van der Waals surface area contributed by atoms with Crippen molar-refractivity contribution in [3.63, 3.8) is 0 Å². The van der Waals surface area contributed by atoms with Gasteiger partial charge in [-0.1, -0.05) is 99.5 Å². The first kappa shape index (κ1) is 28.4. The summed E-state index contributed by atoms with van der Waals surface area (Å²) in [5, 5.41) is 0. The standard InChI is InChI=1S/C32H36F3N3O/c1-3-5-21-37(23-25-17-19-28(20-18-25)39-32(33,34)35)24-29-30(26-13-9-7-10-14-26)36-31(38(29)22-6-4-2)27-15-11-8-12-16-27/h7-20H,3-6,21-24H2,1-2H3. The highest BCUT2D eigenvalue weighted by Crippen LogP contribution is 2.32. The summed E-state index contributed by atoms with van der Waals surface area (Å²) in [5.41, 5.74) is 5.22. The SMILES string of the molecule is CCCCN(Cc1ccc(OC(F)(F)F)cc1)Cc1c(-c2ccccc2)nc(-c2ccccc2)n1CCCC. The Morgan fingerprint density at radius 2 is 1.38 bits per heavy atom. The molecule has 206 valence electrons. The van der Waals surface area contributed by atoms with Crippen LogP contribution in [0.1, 0.15) is 50.8 Å². The van der Waals surface area contributed by atoms with E-state index >= 15 is 0 Å². The highest BCUT2D eigenvalue weighted by atomic mass is 19.4. The number of nitrogens with zero attached hydrogens (tertiary/aromatic N) is 3. The number of unbranched alkanes of at least 4 members (excludes halogenated alkanes) is 2. The summed E-state index contributed by atoms with van der Waals surface area (Å²) in [6, 6.07) is 26.7. The molecule has 1 aromatic heterocycles. The molecule has 0 bridgehead atoms. The van der Waals surface area contributed by atoms with Crippen molar-refractivity contribution >= 4 is 0 Å². The Morgan fingerprint density at radius 3 is 1.97 bits per heavy atom. The summed E-state index contributed by atoms with van der Waals surface area (Å²) >= 11 is 0. The van der Waals surface area contributed by atoms with E-state index in [-0.39, 0.29) is 5.75 Å². The zero-order valence-corrected chi connectivity index (χ0v) is 22.6. The molecule has 0 unspecified atom stereocenters. The molecule has 0 radical (unpaired) electrons. The van der Waals surface area contributed by atoms with Gasteiger partial charge in [0.25, 0.3) is 0 Å². The molecule has 0 spiro atoms. The summed E-state index contributed by atoms with van der Waals surface area (Å²) < 4.78 is 44.3. The molecule has 0 atom stereocenters. The van der Waals surface area contributed by atoms with Crippen molar-refractivity contribution in [3.05, 3.63) is 96.2 Å². The minimum absolute atomic E-state index is 0.206. The number of ether oxygens (including phenoxy) is 1. The summed E-state index contributed by atoms with van der Waals surface area (Å²) in [6.07, 6.45) is -0.531. The summed E-state index contributed by atoms with van der Waals surface area (Å²) in [7, 11) is 0. The van der Waals surface area contributed by atoms with Gasteiger partial charge in [-0.15, -0.1) is 13.2 Å². The molecule has 0 aliphatic heterocycles. The molecule has 0 aliphatic carbocycles. The second kappa shape index (κ2) is 13.5. The maximum atomic E-state index is 12.6. The van der Waals surface area contributed by atoms with Gasteiger partial charge < -0.3 is 9.30 Å². The molecule has 3 aromatic carbocycles. The monoisotopic (exact) mass is 535 g/mol. The van der Waals surface area contributed by atoms with E-state index < -0.39 is 6.36 Å². The van der Waals surface area contributed by atoms with Gasteiger partial charge in [0.15, 0.2) is 0 Å². The van der Waals surface area contributed by atoms with E-state index in [1.54, 1.807) is 12.1 Å². The topological polar surface area (TPSA) is 30.3 Å². The van der Waals surface area contributed by atoms with Crippen molar-refractivity contribution in [3.8, 4) is 28.4 Å². The van der Waals surface area contributed by atoms with Crippen LogP contribution in [-0.2, 0) is 19.6 Å². The number of hydrogen-bond acceptors (Lipinski definition) is 3. The Labute approximate surface area is 229 Å². The van der Waals surface area contributed by atoms with Crippen LogP contribution in [0.4, 0.5) is 13.2 Å². The van der Waals surface area contributed by atoms with Gasteiger partial charge in [-0.05, 0) is 37.1 Å². The summed E-state index contributed by atoms with van der Waals surface area (Å²) in [5.74, 6) is 0.755. The number of hydrogen-bond donors (Lipinski definition) is 0. The number of imidazole rings is 1. The van der Waals surface area contributed by atoms with Crippen LogP contribution in [0.5, 0.6) is 5.75 Å².